The summed E-state index contributed by atoms with van der Waals surface area (Å²) in [4.78, 5) is 30.6. The molecule has 3 unspecified atom stereocenters. The van der Waals surface area contributed by atoms with Crippen LogP contribution in [-0.4, -0.2) is 39.6 Å². The largest absolute Gasteiger partial charge is 0.344 e. The highest BCUT2D eigenvalue weighted by atomic mass is 35.5. The van der Waals surface area contributed by atoms with Crippen molar-refractivity contribution >= 4 is 17.6 Å². The maximum absolute atomic E-state index is 12.6. The van der Waals surface area contributed by atoms with Crippen LogP contribution in [0, 0.1) is 4.91 Å². The molecule has 2 fully saturated rings. The molecule has 2 amide bonds. The molecule has 22 heavy (non-hydrogen) atoms. The Hall–Kier alpha value is -1.66. The summed E-state index contributed by atoms with van der Waals surface area (Å²) in [5, 5.41) is 4.31. The first kappa shape index (κ1) is 15.2. The van der Waals surface area contributed by atoms with E-state index in [1.165, 1.54) is 5.06 Å². The van der Waals surface area contributed by atoms with Crippen LogP contribution >= 0.6 is 11.6 Å². The number of carbonyl (C=O) groups is 1. The fourth-order valence-electron chi connectivity index (χ4n) is 3.18. The Morgan fingerprint density at radius 1 is 1.45 bits per heavy atom. The number of urea groups is 1. The van der Waals surface area contributed by atoms with Gasteiger partial charge in [-0.3, -0.25) is 4.84 Å². The van der Waals surface area contributed by atoms with E-state index >= 15 is 0 Å². The first-order chi connectivity index (χ1) is 10.5. The van der Waals surface area contributed by atoms with Gasteiger partial charge in [0.25, 0.3) is 0 Å². The molecule has 3 rings (SSSR count). The lowest BCUT2D eigenvalue weighted by Crippen LogP contribution is -2.48. The van der Waals surface area contributed by atoms with Crippen LogP contribution in [0.25, 0.3) is 0 Å². The van der Waals surface area contributed by atoms with Gasteiger partial charge in [0.1, 0.15) is 6.61 Å². The number of fused-ring (bicyclic) bond motifs is 2. The van der Waals surface area contributed by atoms with Crippen molar-refractivity contribution in [1.29, 1.82) is 0 Å². The monoisotopic (exact) mass is 323 g/mol. The van der Waals surface area contributed by atoms with Crippen molar-refractivity contribution in [3.63, 3.8) is 0 Å². The van der Waals surface area contributed by atoms with Gasteiger partial charge >= 0.3 is 6.03 Å². The summed E-state index contributed by atoms with van der Waals surface area (Å²) in [5.41, 5.74) is -0.304. The molecule has 1 aromatic carbocycles. The predicted molar refractivity (Wildman–Crippen MR) is 82.0 cm³/mol. The molecule has 0 aliphatic carbocycles. The molecule has 2 bridgehead atoms. The maximum atomic E-state index is 12.6. The molecule has 2 saturated heterocycles. The molecule has 0 aromatic heterocycles. The van der Waals surface area contributed by atoms with Gasteiger partial charge in [-0.1, -0.05) is 41.9 Å². The molecule has 0 N–H and O–H groups in total. The fourth-order valence-corrected chi connectivity index (χ4v) is 3.44. The minimum atomic E-state index is -0.914. The Morgan fingerprint density at radius 2 is 2.18 bits per heavy atom. The smallest absolute Gasteiger partial charge is 0.314 e. The first-order valence-electron chi connectivity index (χ1n) is 7.29. The molecule has 2 aliphatic rings. The van der Waals surface area contributed by atoms with E-state index in [4.69, 9.17) is 16.4 Å². The number of nitrogens with zero attached hydrogens (tertiary/aromatic N) is 3. The third kappa shape index (κ3) is 2.57. The van der Waals surface area contributed by atoms with E-state index in [1.54, 1.807) is 4.90 Å². The Kier molecular flexibility index (Phi) is 4.06. The summed E-state index contributed by atoms with van der Waals surface area (Å²) in [6.07, 6.45) is 1.38. The number of hydrogen-bond donors (Lipinski definition) is 0. The average molecular weight is 324 g/mol. The molecule has 2 aliphatic heterocycles. The van der Waals surface area contributed by atoms with Crippen molar-refractivity contribution in [1.82, 2.24) is 9.96 Å². The highest BCUT2D eigenvalue weighted by molar-refractivity contribution is 6.21. The zero-order valence-electron chi connectivity index (χ0n) is 12.3. The van der Waals surface area contributed by atoms with Gasteiger partial charge in [-0.05, 0) is 30.5 Å². The van der Waals surface area contributed by atoms with Crippen LogP contribution in [-0.2, 0) is 11.4 Å². The van der Waals surface area contributed by atoms with Crippen molar-refractivity contribution in [3.8, 4) is 0 Å². The number of rotatable bonds is 5. The quantitative estimate of drug-likeness (QED) is 0.475. The molecular formula is C15H18ClN3O3. The van der Waals surface area contributed by atoms with E-state index in [2.05, 4.69) is 5.18 Å². The number of piperidine rings is 1. The third-order valence-corrected chi connectivity index (χ3v) is 4.79. The van der Waals surface area contributed by atoms with Crippen molar-refractivity contribution in [2.24, 2.45) is 5.18 Å². The van der Waals surface area contributed by atoms with Gasteiger partial charge in [0.2, 0.25) is 0 Å². The first-order valence-corrected chi connectivity index (χ1v) is 7.73. The molecule has 6 nitrogen and oxygen atoms in total. The van der Waals surface area contributed by atoms with E-state index in [9.17, 15) is 9.70 Å². The predicted octanol–water partition coefficient (Wildman–Crippen LogP) is 3.11. The van der Waals surface area contributed by atoms with E-state index in [0.29, 0.717) is 19.6 Å². The molecule has 0 radical (unpaired) electrons. The Balaban J connectivity index is 1.73. The molecule has 2 heterocycles. The summed E-state index contributed by atoms with van der Waals surface area (Å²) in [6, 6.07) is 9.09. The van der Waals surface area contributed by atoms with E-state index in [1.807, 2.05) is 37.3 Å². The summed E-state index contributed by atoms with van der Waals surface area (Å²) in [7, 11) is 0. The van der Waals surface area contributed by atoms with Crippen molar-refractivity contribution in [2.45, 2.75) is 43.5 Å². The van der Waals surface area contributed by atoms with Gasteiger partial charge in [-0.25, -0.2) is 4.79 Å². The van der Waals surface area contributed by atoms with Crippen LogP contribution in [0.3, 0.4) is 0 Å². The molecule has 3 atom stereocenters. The van der Waals surface area contributed by atoms with Crippen LogP contribution in [0.15, 0.2) is 35.5 Å². The number of benzene rings is 1. The Labute approximate surface area is 133 Å². The number of amides is 2. The molecular weight excluding hydrogens is 306 g/mol. The lowest BCUT2D eigenvalue weighted by atomic mass is 9.89. The topological polar surface area (TPSA) is 62.2 Å². The second kappa shape index (κ2) is 5.85. The Bertz CT molecular complexity index is 570. The van der Waals surface area contributed by atoms with Crippen LogP contribution in [0.4, 0.5) is 4.79 Å². The zero-order valence-corrected chi connectivity index (χ0v) is 13.1. The van der Waals surface area contributed by atoms with E-state index in [-0.39, 0.29) is 17.6 Å². The van der Waals surface area contributed by atoms with Gasteiger partial charge < -0.3 is 4.90 Å². The van der Waals surface area contributed by atoms with E-state index < -0.39 is 5.50 Å². The summed E-state index contributed by atoms with van der Waals surface area (Å²) >= 11 is 5.94. The van der Waals surface area contributed by atoms with Gasteiger partial charge in [0.15, 0.2) is 5.50 Å². The van der Waals surface area contributed by atoms with E-state index in [0.717, 1.165) is 12.0 Å². The molecule has 7 heteroatoms. The van der Waals surface area contributed by atoms with Gasteiger partial charge in [-0.15, -0.1) is 4.91 Å². The minimum absolute atomic E-state index is 0.241. The van der Waals surface area contributed by atoms with Crippen molar-refractivity contribution in [2.75, 3.05) is 6.54 Å². The lowest BCUT2D eigenvalue weighted by Gasteiger charge is -2.36. The summed E-state index contributed by atoms with van der Waals surface area (Å²) in [6.45, 7) is 2.82. The number of nitroso groups, excluding NO2 is 1. The molecule has 0 spiro atoms. The lowest BCUT2D eigenvalue weighted by molar-refractivity contribution is -0.171. The third-order valence-electron chi connectivity index (χ3n) is 4.42. The molecule has 118 valence electrons. The number of hydrogen-bond acceptors (Lipinski definition) is 4. The highest BCUT2D eigenvalue weighted by Crippen LogP contribution is 2.40. The zero-order chi connectivity index (χ0) is 15.7. The number of hydroxylamine groups is 2. The molecule has 0 saturated carbocycles. The van der Waals surface area contributed by atoms with Crippen molar-refractivity contribution < 1.29 is 9.63 Å². The fraction of sp³-hybridized carbons (Fsp3) is 0.533. The summed E-state index contributed by atoms with van der Waals surface area (Å²) < 4.78 is 0. The number of halogens is 1. The van der Waals surface area contributed by atoms with Crippen LogP contribution in [0.5, 0.6) is 0 Å². The number of carbonyl (C=O) groups excluding carboxylic acids is 1. The maximum Gasteiger partial charge on any atom is 0.344 e. The minimum Gasteiger partial charge on any atom is -0.314 e. The average Bonchev–Trinajstić information content (AvgIpc) is 2.73. The Morgan fingerprint density at radius 3 is 2.86 bits per heavy atom. The van der Waals surface area contributed by atoms with Gasteiger partial charge in [0, 0.05) is 6.54 Å². The van der Waals surface area contributed by atoms with Gasteiger partial charge in [-0.2, -0.15) is 5.06 Å². The second-order valence-electron chi connectivity index (χ2n) is 6.04. The molecule has 1 aromatic rings. The summed E-state index contributed by atoms with van der Waals surface area (Å²) in [5.74, 6) is 0. The van der Waals surface area contributed by atoms with Crippen LogP contribution < -0.4 is 0 Å². The normalized spacial score (nSPS) is 28.8. The SMILES string of the molecule is CC12CCC(C(Cl)N=O)N(C1)C(=O)N2OCc1ccccc1. The standard InChI is InChI=1S/C15H18ClN3O3/c1-15-8-7-12(13(16)17-21)18(10-15)14(20)19(15)22-9-11-5-3-2-4-6-11/h2-6,12-13H,7-10H2,1H3. The van der Waals surface area contributed by atoms with Crippen LogP contribution in [0.1, 0.15) is 25.3 Å². The van der Waals surface area contributed by atoms with Crippen LogP contribution in [0.2, 0.25) is 0 Å². The second-order valence-corrected chi connectivity index (χ2v) is 6.49. The van der Waals surface area contributed by atoms with Crippen molar-refractivity contribution in [3.05, 3.63) is 40.8 Å². The van der Waals surface area contributed by atoms with Gasteiger partial charge in [0.05, 0.1) is 11.6 Å². The highest BCUT2D eigenvalue weighted by Gasteiger charge is 2.54. The number of alkyl halides is 1.